The van der Waals surface area contributed by atoms with Gasteiger partial charge in [0.1, 0.15) is 12.4 Å². The zero-order chi connectivity index (χ0) is 21.2. The number of benzene rings is 2. The van der Waals surface area contributed by atoms with Crippen LogP contribution in [0.5, 0.6) is 28.7 Å². The third kappa shape index (κ3) is 5.85. The number of nitrogens with one attached hydrogen (secondary N) is 2. The lowest BCUT2D eigenvalue weighted by atomic mass is 10.1. The molecule has 0 aliphatic carbocycles. The molecule has 8 nitrogen and oxygen atoms in total. The van der Waals surface area contributed by atoms with Crippen molar-refractivity contribution in [2.24, 2.45) is 4.99 Å². The second kappa shape index (κ2) is 11.0. The van der Waals surface area contributed by atoms with E-state index in [1.54, 1.807) is 14.2 Å². The minimum atomic E-state index is 0.256. The van der Waals surface area contributed by atoms with Crippen molar-refractivity contribution in [3.63, 3.8) is 0 Å². The first-order valence-corrected chi connectivity index (χ1v) is 9.99. The van der Waals surface area contributed by atoms with Gasteiger partial charge < -0.3 is 34.3 Å². The third-order valence-electron chi connectivity index (χ3n) is 4.47. The predicted octanol–water partition coefficient (Wildman–Crippen LogP) is 2.61. The molecule has 0 amide bonds. The highest BCUT2D eigenvalue weighted by molar-refractivity contribution is 5.79. The molecule has 1 heterocycles. The van der Waals surface area contributed by atoms with E-state index in [0.29, 0.717) is 25.4 Å². The first kappa shape index (κ1) is 21.4. The molecule has 0 spiro atoms. The first-order chi connectivity index (χ1) is 14.7. The van der Waals surface area contributed by atoms with Crippen molar-refractivity contribution < 1.29 is 23.7 Å². The van der Waals surface area contributed by atoms with Crippen molar-refractivity contribution in [1.29, 1.82) is 0 Å². The first-order valence-electron chi connectivity index (χ1n) is 9.99. The van der Waals surface area contributed by atoms with Crippen LogP contribution in [0, 0.1) is 0 Å². The highest BCUT2D eigenvalue weighted by atomic mass is 16.7. The maximum atomic E-state index is 5.77. The average Bonchev–Trinajstić information content (AvgIpc) is 3.24. The summed E-state index contributed by atoms with van der Waals surface area (Å²) in [5.41, 5.74) is 1.14. The van der Waals surface area contributed by atoms with Crippen molar-refractivity contribution in [3.05, 3.63) is 42.0 Å². The molecule has 1 aliphatic heterocycles. The van der Waals surface area contributed by atoms with E-state index < -0.39 is 0 Å². The molecule has 8 heteroatoms. The van der Waals surface area contributed by atoms with Gasteiger partial charge in [0, 0.05) is 19.2 Å². The number of hydrogen-bond acceptors (Lipinski definition) is 6. The SMILES string of the molecule is CCNC(=NCCc1ccc(OC)c(OC)c1)NCCOc1ccc2c(c1)OCO2. The van der Waals surface area contributed by atoms with Crippen LogP contribution < -0.4 is 34.3 Å². The lowest BCUT2D eigenvalue weighted by Crippen LogP contribution is -2.39. The molecule has 2 aromatic carbocycles. The van der Waals surface area contributed by atoms with Crippen LogP contribution in [-0.4, -0.2) is 53.2 Å². The molecule has 0 atom stereocenters. The van der Waals surface area contributed by atoms with E-state index in [0.717, 1.165) is 47.5 Å². The second-order valence-electron chi connectivity index (χ2n) is 6.49. The summed E-state index contributed by atoms with van der Waals surface area (Å²) in [5.74, 6) is 4.41. The van der Waals surface area contributed by atoms with Gasteiger partial charge in [-0.05, 0) is 43.2 Å². The van der Waals surface area contributed by atoms with Crippen molar-refractivity contribution >= 4 is 5.96 Å². The summed E-state index contributed by atoms with van der Waals surface area (Å²) in [5, 5.41) is 6.53. The molecule has 0 aromatic heterocycles. The Labute approximate surface area is 177 Å². The molecule has 162 valence electrons. The smallest absolute Gasteiger partial charge is 0.231 e. The van der Waals surface area contributed by atoms with Gasteiger partial charge in [-0.2, -0.15) is 0 Å². The Bertz CT molecular complexity index is 857. The fourth-order valence-electron chi connectivity index (χ4n) is 2.98. The summed E-state index contributed by atoms with van der Waals surface area (Å²) in [7, 11) is 3.27. The van der Waals surface area contributed by atoms with E-state index in [-0.39, 0.29) is 6.79 Å². The molecule has 0 unspecified atom stereocenters. The number of methoxy groups -OCH3 is 2. The number of aliphatic imine (C=N–C) groups is 1. The number of guanidine groups is 1. The van der Waals surface area contributed by atoms with E-state index in [2.05, 4.69) is 15.6 Å². The summed E-state index contributed by atoms with van der Waals surface area (Å²) in [4.78, 5) is 4.63. The summed E-state index contributed by atoms with van der Waals surface area (Å²) < 4.78 is 27.1. The molecule has 0 saturated heterocycles. The minimum absolute atomic E-state index is 0.256. The van der Waals surface area contributed by atoms with Crippen molar-refractivity contribution in [3.8, 4) is 28.7 Å². The van der Waals surface area contributed by atoms with Crippen LogP contribution in [0.4, 0.5) is 0 Å². The largest absolute Gasteiger partial charge is 0.493 e. The molecule has 3 rings (SSSR count). The molecular formula is C22H29N3O5. The van der Waals surface area contributed by atoms with Gasteiger partial charge in [0.2, 0.25) is 6.79 Å². The maximum Gasteiger partial charge on any atom is 0.231 e. The fraction of sp³-hybridized carbons (Fsp3) is 0.409. The number of nitrogens with zero attached hydrogens (tertiary/aromatic N) is 1. The van der Waals surface area contributed by atoms with Gasteiger partial charge in [-0.1, -0.05) is 6.07 Å². The monoisotopic (exact) mass is 415 g/mol. The van der Waals surface area contributed by atoms with Crippen LogP contribution in [0.2, 0.25) is 0 Å². The topological polar surface area (TPSA) is 82.6 Å². The lowest BCUT2D eigenvalue weighted by molar-refractivity contribution is 0.173. The second-order valence-corrected chi connectivity index (χ2v) is 6.49. The molecule has 2 aromatic rings. The Hall–Kier alpha value is -3.29. The Morgan fingerprint density at radius 3 is 2.63 bits per heavy atom. The zero-order valence-electron chi connectivity index (χ0n) is 17.7. The van der Waals surface area contributed by atoms with Crippen LogP contribution in [0.15, 0.2) is 41.4 Å². The molecule has 1 aliphatic rings. The summed E-state index contributed by atoms with van der Waals surface area (Å²) in [6, 6.07) is 11.5. The molecule has 0 radical (unpaired) electrons. The van der Waals surface area contributed by atoms with Crippen LogP contribution in [-0.2, 0) is 6.42 Å². The van der Waals surface area contributed by atoms with Gasteiger partial charge in [-0.25, -0.2) is 0 Å². The Morgan fingerprint density at radius 2 is 1.83 bits per heavy atom. The van der Waals surface area contributed by atoms with Gasteiger partial charge in [0.25, 0.3) is 0 Å². The van der Waals surface area contributed by atoms with Crippen molar-refractivity contribution in [2.45, 2.75) is 13.3 Å². The fourth-order valence-corrected chi connectivity index (χ4v) is 2.98. The molecule has 2 N–H and O–H groups in total. The molecule has 30 heavy (non-hydrogen) atoms. The van der Waals surface area contributed by atoms with E-state index in [4.69, 9.17) is 23.7 Å². The Balaban J connectivity index is 1.45. The summed E-state index contributed by atoms with van der Waals surface area (Å²) in [6.07, 6.45) is 0.796. The number of ether oxygens (including phenoxy) is 5. The third-order valence-corrected chi connectivity index (χ3v) is 4.47. The van der Waals surface area contributed by atoms with Gasteiger partial charge in [0.05, 0.1) is 20.8 Å². The van der Waals surface area contributed by atoms with Crippen molar-refractivity contribution in [2.75, 3.05) is 47.3 Å². The molecule has 0 fully saturated rings. The molecule has 0 bridgehead atoms. The normalized spacial score (nSPS) is 12.4. The number of rotatable bonds is 10. The predicted molar refractivity (Wildman–Crippen MR) is 115 cm³/mol. The van der Waals surface area contributed by atoms with Gasteiger partial charge >= 0.3 is 0 Å². The van der Waals surface area contributed by atoms with Crippen LogP contribution in [0.3, 0.4) is 0 Å². The van der Waals surface area contributed by atoms with Crippen molar-refractivity contribution in [1.82, 2.24) is 10.6 Å². The standard InChI is InChI=1S/C22H29N3O5/c1-4-23-22(24-10-9-16-5-7-18(26-2)20(13-16)27-3)25-11-12-28-17-6-8-19-21(14-17)30-15-29-19/h5-8,13-14H,4,9-12,15H2,1-3H3,(H2,23,24,25). The highest BCUT2D eigenvalue weighted by Crippen LogP contribution is 2.35. The van der Waals surface area contributed by atoms with Crippen LogP contribution in [0.25, 0.3) is 0 Å². The maximum absolute atomic E-state index is 5.77. The average molecular weight is 415 g/mol. The van der Waals surface area contributed by atoms with E-state index in [1.807, 2.05) is 43.3 Å². The summed E-state index contributed by atoms with van der Waals surface area (Å²) >= 11 is 0. The van der Waals surface area contributed by atoms with Crippen LogP contribution >= 0.6 is 0 Å². The number of hydrogen-bond donors (Lipinski definition) is 2. The van der Waals surface area contributed by atoms with E-state index >= 15 is 0 Å². The van der Waals surface area contributed by atoms with E-state index in [9.17, 15) is 0 Å². The van der Waals surface area contributed by atoms with Crippen LogP contribution in [0.1, 0.15) is 12.5 Å². The van der Waals surface area contributed by atoms with Gasteiger partial charge in [0.15, 0.2) is 29.0 Å². The molecular weight excluding hydrogens is 386 g/mol. The zero-order valence-corrected chi connectivity index (χ0v) is 17.7. The van der Waals surface area contributed by atoms with Gasteiger partial charge in [-0.15, -0.1) is 0 Å². The van der Waals surface area contributed by atoms with E-state index in [1.165, 1.54) is 0 Å². The number of fused-ring (bicyclic) bond motifs is 1. The Morgan fingerprint density at radius 1 is 1.00 bits per heavy atom. The highest BCUT2D eigenvalue weighted by Gasteiger charge is 2.13. The Kier molecular flexibility index (Phi) is 7.88. The minimum Gasteiger partial charge on any atom is -0.493 e. The summed E-state index contributed by atoms with van der Waals surface area (Å²) in [6.45, 7) is 4.84. The van der Waals surface area contributed by atoms with Gasteiger partial charge in [-0.3, -0.25) is 4.99 Å². The quantitative estimate of drug-likeness (QED) is 0.351. The lowest BCUT2D eigenvalue weighted by Gasteiger charge is -2.12. The molecule has 0 saturated carbocycles.